The zero-order chi connectivity index (χ0) is 10.7. The summed E-state index contributed by atoms with van der Waals surface area (Å²) in [7, 11) is 0. The summed E-state index contributed by atoms with van der Waals surface area (Å²) in [6.45, 7) is 0. The number of hydrogen-bond acceptors (Lipinski definition) is 5. The van der Waals surface area contributed by atoms with Gasteiger partial charge in [-0.25, -0.2) is 14.8 Å². The van der Waals surface area contributed by atoms with Gasteiger partial charge in [0.15, 0.2) is 0 Å². The van der Waals surface area contributed by atoms with Crippen molar-refractivity contribution >= 4 is 0 Å². The van der Waals surface area contributed by atoms with Crippen molar-refractivity contribution in [3.63, 3.8) is 0 Å². The summed E-state index contributed by atoms with van der Waals surface area (Å²) < 4.78 is 12.9. The molecule has 4 N–H and O–H groups in total. The van der Waals surface area contributed by atoms with E-state index in [1.54, 1.807) is 0 Å². The van der Waals surface area contributed by atoms with Gasteiger partial charge in [-0.15, -0.1) is 0 Å². The Morgan fingerprint density at radius 3 is 2.93 bits per heavy atom. The van der Waals surface area contributed by atoms with Gasteiger partial charge in [-0.05, 0) is 11.6 Å². The van der Waals surface area contributed by atoms with Gasteiger partial charge in [-0.2, -0.15) is 5.10 Å². The number of H-pyrrole nitrogens is 1. The Kier molecular flexibility index (Phi) is 2.66. The van der Waals surface area contributed by atoms with Gasteiger partial charge in [0.1, 0.15) is 24.0 Å². The number of aromatic amines is 1. The summed E-state index contributed by atoms with van der Waals surface area (Å²) >= 11 is 0. The maximum absolute atomic E-state index is 12.9. The highest BCUT2D eigenvalue weighted by atomic mass is 19.1. The lowest BCUT2D eigenvalue weighted by Crippen LogP contribution is -2.29. The van der Waals surface area contributed by atoms with Gasteiger partial charge in [-0.3, -0.25) is 15.9 Å². The molecule has 0 bridgehead atoms. The molecule has 2 aromatic rings. The van der Waals surface area contributed by atoms with E-state index < -0.39 is 11.9 Å². The van der Waals surface area contributed by atoms with Crippen molar-refractivity contribution in [2.45, 2.75) is 6.04 Å². The predicted octanol–water partition coefficient (Wildman–Crippen LogP) is -0.109. The minimum Gasteiger partial charge on any atom is -0.270 e. The Labute approximate surface area is 84.7 Å². The number of nitrogens with two attached hydrogens (primary N) is 1. The smallest absolute Gasteiger partial charge is 0.147 e. The van der Waals surface area contributed by atoms with Crippen molar-refractivity contribution in [1.82, 2.24) is 25.6 Å². The molecule has 0 aliphatic rings. The van der Waals surface area contributed by atoms with Gasteiger partial charge in [0.2, 0.25) is 0 Å². The van der Waals surface area contributed by atoms with E-state index in [4.69, 9.17) is 5.84 Å². The molecule has 0 saturated carbocycles. The van der Waals surface area contributed by atoms with Crippen LogP contribution in [0.25, 0.3) is 0 Å². The van der Waals surface area contributed by atoms with Crippen LogP contribution in [0.15, 0.2) is 24.8 Å². The number of hydrazine groups is 1. The predicted molar refractivity (Wildman–Crippen MR) is 49.7 cm³/mol. The molecule has 15 heavy (non-hydrogen) atoms. The molecule has 7 heteroatoms. The number of nitrogens with zero attached hydrogens (tertiary/aromatic N) is 3. The van der Waals surface area contributed by atoms with Crippen molar-refractivity contribution in [3.8, 4) is 0 Å². The first kappa shape index (κ1) is 9.69. The average molecular weight is 208 g/mol. The molecule has 0 fully saturated rings. The van der Waals surface area contributed by atoms with Crippen molar-refractivity contribution in [2.75, 3.05) is 0 Å². The second-order valence-electron chi connectivity index (χ2n) is 2.91. The highest BCUT2D eigenvalue weighted by Gasteiger charge is 2.15. The molecule has 0 aliphatic carbocycles. The summed E-state index contributed by atoms with van der Waals surface area (Å²) in [6, 6.07) is 0.885. The molecular weight excluding hydrogens is 199 g/mol. The summed E-state index contributed by atoms with van der Waals surface area (Å²) in [5, 5.41) is 6.35. The zero-order valence-electron chi connectivity index (χ0n) is 7.68. The number of nitrogens with one attached hydrogen (secondary N) is 2. The fourth-order valence-electron chi connectivity index (χ4n) is 1.27. The molecule has 6 nitrogen and oxygen atoms in total. The highest BCUT2D eigenvalue weighted by molar-refractivity contribution is 5.21. The molecule has 78 valence electrons. The van der Waals surface area contributed by atoms with Crippen molar-refractivity contribution in [1.29, 1.82) is 0 Å². The van der Waals surface area contributed by atoms with E-state index in [2.05, 4.69) is 25.6 Å². The minimum atomic E-state index is -0.448. The van der Waals surface area contributed by atoms with Crippen LogP contribution in [0.3, 0.4) is 0 Å². The quantitative estimate of drug-likeness (QED) is 0.483. The van der Waals surface area contributed by atoms with E-state index in [1.165, 1.54) is 18.6 Å². The summed E-state index contributed by atoms with van der Waals surface area (Å²) in [6.07, 6.45) is 3.99. The largest absolute Gasteiger partial charge is 0.270 e. The van der Waals surface area contributed by atoms with Crippen molar-refractivity contribution < 1.29 is 4.39 Å². The van der Waals surface area contributed by atoms with Gasteiger partial charge in [0.05, 0.1) is 6.20 Å². The van der Waals surface area contributed by atoms with Crippen LogP contribution in [-0.2, 0) is 0 Å². The highest BCUT2D eigenvalue weighted by Crippen LogP contribution is 2.16. The summed E-state index contributed by atoms with van der Waals surface area (Å²) in [5.74, 6) is 5.44. The van der Waals surface area contributed by atoms with Crippen LogP contribution < -0.4 is 11.3 Å². The first-order valence-electron chi connectivity index (χ1n) is 4.23. The fraction of sp³-hybridized carbons (Fsp3) is 0.125. The summed E-state index contributed by atoms with van der Waals surface area (Å²) in [4.78, 5) is 7.66. The number of halogens is 1. The lowest BCUT2D eigenvalue weighted by Gasteiger charge is -2.12. The molecule has 0 radical (unpaired) electrons. The normalized spacial score (nSPS) is 12.7. The van der Waals surface area contributed by atoms with Gasteiger partial charge < -0.3 is 0 Å². The third kappa shape index (κ3) is 1.97. The van der Waals surface area contributed by atoms with Gasteiger partial charge in [0, 0.05) is 6.20 Å². The van der Waals surface area contributed by atoms with Crippen molar-refractivity contribution in [2.24, 2.45) is 5.84 Å². The lowest BCUT2D eigenvalue weighted by molar-refractivity contribution is 0.582. The number of pyridine rings is 1. The first-order chi connectivity index (χ1) is 7.31. The number of rotatable bonds is 3. The summed E-state index contributed by atoms with van der Waals surface area (Å²) in [5.41, 5.74) is 3.09. The van der Waals surface area contributed by atoms with E-state index in [9.17, 15) is 4.39 Å². The molecule has 0 saturated heterocycles. The van der Waals surface area contributed by atoms with E-state index >= 15 is 0 Å². The Morgan fingerprint density at radius 1 is 1.47 bits per heavy atom. The zero-order valence-corrected chi connectivity index (χ0v) is 7.68. The van der Waals surface area contributed by atoms with Crippen LogP contribution in [0, 0.1) is 5.82 Å². The third-order valence-electron chi connectivity index (χ3n) is 1.93. The van der Waals surface area contributed by atoms with Gasteiger partial charge in [0.25, 0.3) is 0 Å². The number of aromatic nitrogens is 4. The van der Waals surface area contributed by atoms with E-state index in [1.807, 2.05) is 0 Å². The molecule has 0 aliphatic heterocycles. The average Bonchev–Trinajstić information content (AvgIpc) is 2.72. The molecule has 1 atom stereocenters. The number of hydrogen-bond donors (Lipinski definition) is 3. The van der Waals surface area contributed by atoms with Crippen LogP contribution in [0.1, 0.15) is 17.4 Å². The van der Waals surface area contributed by atoms with Crippen LogP contribution in [-0.4, -0.2) is 20.2 Å². The molecule has 2 rings (SSSR count). The standard InChI is InChI=1S/C8H9FN6/c9-6-1-5(2-11-3-6)7(14-10)8-12-4-13-15-8/h1-4,7,14H,10H2,(H,12,13,15). The van der Waals surface area contributed by atoms with Crippen LogP contribution in [0.5, 0.6) is 0 Å². The molecule has 0 amide bonds. The van der Waals surface area contributed by atoms with Gasteiger partial charge in [-0.1, -0.05) is 0 Å². The van der Waals surface area contributed by atoms with E-state index in [0.717, 1.165) is 6.20 Å². The molecule has 1 unspecified atom stereocenters. The second-order valence-corrected chi connectivity index (χ2v) is 2.91. The first-order valence-corrected chi connectivity index (χ1v) is 4.23. The monoisotopic (exact) mass is 208 g/mol. The topological polar surface area (TPSA) is 92.5 Å². The Balaban J connectivity index is 2.35. The van der Waals surface area contributed by atoms with Crippen LogP contribution in [0.4, 0.5) is 4.39 Å². The van der Waals surface area contributed by atoms with Crippen LogP contribution >= 0.6 is 0 Å². The molecule has 2 aromatic heterocycles. The van der Waals surface area contributed by atoms with Gasteiger partial charge >= 0.3 is 0 Å². The van der Waals surface area contributed by atoms with Crippen LogP contribution in [0.2, 0.25) is 0 Å². The molecule has 2 heterocycles. The second kappa shape index (κ2) is 4.11. The Morgan fingerprint density at radius 2 is 2.33 bits per heavy atom. The maximum Gasteiger partial charge on any atom is 0.147 e. The maximum atomic E-state index is 12.9. The van der Waals surface area contributed by atoms with Crippen molar-refractivity contribution in [3.05, 3.63) is 42.0 Å². The third-order valence-corrected chi connectivity index (χ3v) is 1.93. The van der Waals surface area contributed by atoms with E-state index in [0.29, 0.717) is 11.4 Å². The molecule has 0 aromatic carbocycles. The Bertz CT molecular complexity index is 428. The minimum absolute atomic E-state index is 0.424. The molecular formula is C8H9FN6. The molecule has 0 spiro atoms. The Hall–Kier alpha value is -1.86. The lowest BCUT2D eigenvalue weighted by atomic mass is 10.1. The fourth-order valence-corrected chi connectivity index (χ4v) is 1.27. The SMILES string of the molecule is NNC(c1cncc(F)c1)c1ncn[nH]1. The van der Waals surface area contributed by atoms with E-state index in [-0.39, 0.29) is 0 Å².